The Kier molecular flexibility index (Phi) is 12.0. The van der Waals surface area contributed by atoms with Crippen LogP contribution in [-0.4, -0.2) is 37.5 Å². The Morgan fingerprint density at radius 2 is 1.67 bits per heavy atom. The highest BCUT2D eigenvalue weighted by molar-refractivity contribution is 7.16. The molecule has 0 aliphatic heterocycles. The number of aryl methyl sites for hydroxylation is 2. The molecule has 6 N–H and O–H groups in total. The number of hydrogen-bond donors (Lipinski definition) is 6. The average molecular weight is 691 g/mol. The third kappa shape index (κ3) is 8.38. The number of amides is 1. The van der Waals surface area contributed by atoms with Crippen molar-refractivity contribution in [2.45, 2.75) is 38.5 Å². The minimum Gasteiger partial charge on any atom is -0.506 e. The summed E-state index contributed by atoms with van der Waals surface area (Å²) < 4.78 is 2.70. The highest BCUT2D eigenvalue weighted by atomic mass is 32.1. The molecule has 0 saturated carbocycles. The van der Waals surface area contributed by atoms with E-state index >= 15 is 0 Å². The maximum atomic E-state index is 12.9. The fourth-order valence-corrected chi connectivity index (χ4v) is 6.86. The first-order valence-corrected chi connectivity index (χ1v) is 16.1. The summed E-state index contributed by atoms with van der Waals surface area (Å²) in [6.45, 7) is 1.31. The largest absolute Gasteiger partial charge is 0.506 e. The maximum absolute atomic E-state index is 12.9. The summed E-state index contributed by atoms with van der Waals surface area (Å²) in [5.74, 6) is -0.0567. The number of benzene rings is 4. The minimum atomic E-state index is -1.11. The number of pyridine rings is 1. The third-order valence-corrected chi connectivity index (χ3v) is 9.11. The zero-order valence-electron chi connectivity index (χ0n) is 26.2. The monoisotopic (exact) mass is 690 g/mol. The number of aliphatic hydroxyl groups is 1. The first kappa shape index (κ1) is 36.5. The Hall–Kier alpha value is -5.37. The van der Waals surface area contributed by atoms with Gasteiger partial charge in [0.25, 0.3) is 0 Å². The molecular weight excluding hydrogens is 654 g/mol. The van der Waals surface area contributed by atoms with Gasteiger partial charge >= 0.3 is 11.0 Å². The molecule has 1 amide bonds. The number of carboxylic acid groups (broad SMARTS) is 1. The second kappa shape index (κ2) is 16.2. The van der Waals surface area contributed by atoms with Crippen LogP contribution in [0.4, 0.5) is 19.9 Å². The lowest BCUT2D eigenvalue weighted by Gasteiger charge is -2.15. The summed E-state index contributed by atoms with van der Waals surface area (Å²) in [4.78, 5) is 38.6. The van der Waals surface area contributed by atoms with E-state index in [1.54, 1.807) is 16.7 Å². The minimum absolute atomic E-state index is 0. The number of H-pyrrole nitrogens is 1. The molecule has 0 bridgehead atoms. The van der Waals surface area contributed by atoms with Crippen LogP contribution in [0.2, 0.25) is 0 Å². The van der Waals surface area contributed by atoms with E-state index in [2.05, 4.69) is 15.6 Å². The highest BCUT2D eigenvalue weighted by Gasteiger charge is 2.15. The number of phenolic OH excluding ortho intramolecular Hbond substituents is 1. The second-order valence-electron chi connectivity index (χ2n) is 11.4. The quantitative estimate of drug-likeness (QED) is 0.0799. The second-order valence-corrected chi connectivity index (χ2v) is 12.4. The lowest BCUT2D eigenvalue weighted by Crippen LogP contribution is -2.21. The molecule has 10 nitrogen and oxygen atoms in total. The number of fused-ring (bicyclic) bond motifs is 2. The van der Waals surface area contributed by atoms with E-state index in [1.807, 2.05) is 66.7 Å². The molecule has 2 heterocycles. The van der Waals surface area contributed by atoms with Crippen LogP contribution in [0.15, 0.2) is 101 Å². The van der Waals surface area contributed by atoms with Gasteiger partial charge in [0.05, 0.1) is 27.5 Å². The molecular formula is C36H36F2N4O6S. The number of phenols is 1. The van der Waals surface area contributed by atoms with Crippen molar-refractivity contribution in [2.75, 3.05) is 11.9 Å². The van der Waals surface area contributed by atoms with Gasteiger partial charge in [0.15, 0.2) is 0 Å². The summed E-state index contributed by atoms with van der Waals surface area (Å²) in [5, 5.41) is 36.7. The number of nitrogens with zero attached hydrogens (tertiary/aromatic N) is 1. The maximum Gasteiger partial charge on any atom is 0.409 e. The topological polar surface area (TPSA) is 157 Å². The van der Waals surface area contributed by atoms with Gasteiger partial charge in [-0.1, -0.05) is 65.9 Å². The number of aromatic amines is 1. The Bertz CT molecular complexity index is 2180. The van der Waals surface area contributed by atoms with Crippen LogP contribution < -0.4 is 21.1 Å². The van der Waals surface area contributed by atoms with Crippen molar-refractivity contribution in [3.8, 4) is 16.9 Å². The third-order valence-electron chi connectivity index (χ3n) is 8.17. The van der Waals surface area contributed by atoms with Crippen molar-refractivity contribution >= 4 is 44.2 Å². The van der Waals surface area contributed by atoms with Crippen molar-refractivity contribution in [2.24, 2.45) is 0 Å². The Balaban J connectivity index is 0.00000270. The lowest BCUT2D eigenvalue weighted by atomic mass is 9.99. The Morgan fingerprint density at radius 3 is 2.45 bits per heavy atom. The van der Waals surface area contributed by atoms with Gasteiger partial charge in [0, 0.05) is 36.7 Å². The summed E-state index contributed by atoms with van der Waals surface area (Å²) >= 11 is 1.21. The van der Waals surface area contributed by atoms with Gasteiger partial charge in [-0.2, -0.15) is 0 Å². The van der Waals surface area contributed by atoms with Crippen LogP contribution in [0.3, 0.4) is 0 Å². The molecule has 1 atom stereocenters. The van der Waals surface area contributed by atoms with Gasteiger partial charge in [-0.15, -0.1) is 0 Å². The van der Waals surface area contributed by atoms with Crippen LogP contribution in [0.5, 0.6) is 5.75 Å². The predicted octanol–water partition coefficient (Wildman–Crippen LogP) is 6.52. The zero-order valence-corrected chi connectivity index (χ0v) is 27.0. The first-order valence-electron chi connectivity index (χ1n) is 15.3. The van der Waals surface area contributed by atoms with Crippen LogP contribution >= 0.6 is 11.3 Å². The molecule has 0 unspecified atom stereocenters. The van der Waals surface area contributed by atoms with Gasteiger partial charge in [-0.05, 0) is 71.8 Å². The normalized spacial score (nSPS) is 11.5. The Labute approximate surface area is 283 Å². The van der Waals surface area contributed by atoms with E-state index in [9.17, 15) is 29.7 Å². The standard InChI is InChI=1S/C36H34N4O6S.2FH/c41-30-15-12-26(27-13-16-33(43)39-34(27)30)31(42)21-37-20-23-10-14-29-32(19-23)47-36(46)40(29)17-5-4-6-22-9-11-25(24-7-2-1-3-8-24)28(18-22)38-35(44)45;;/h1-3,7-16,18-19,31,37-38,41-42H,4-6,17,20-21H2,(H,39,43)(H,44,45);2*1H/t31-;;/m0../s1. The van der Waals surface area contributed by atoms with E-state index in [-0.39, 0.29) is 32.1 Å². The number of rotatable bonds is 12. The van der Waals surface area contributed by atoms with E-state index in [0.29, 0.717) is 35.2 Å². The van der Waals surface area contributed by atoms with E-state index in [4.69, 9.17) is 0 Å². The molecule has 0 aliphatic rings. The van der Waals surface area contributed by atoms with Crippen LogP contribution in [0.25, 0.3) is 32.2 Å². The smallest absolute Gasteiger partial charge is 0.409 e. The number of thiazole rings is 1. The fourth-order valence-electron chi connectivity index (χ4n) is 5.88. The van der Waals surface area contributed by atoms with Crippen LogP contribution in [0.1, 0.15) is 35.6 Å². The molecule has 0 spiro atoms. The zero-order chi connectivity index (χ0) is 32.9. The van der Waals surface area contributed by atoms with Gasteiger partial charge in [0.2, 0.25) is 5.56 Å². The average Bonchev–Trinajstić information content (AvgIpc) is 3.37. The van der Waals surface area contributed by atoms with E-state index in [0.717, 1.165) is 51.7 Å². The lowest BCUT2D eigenvalue weighted by molar-refractivity contribution is 0.176. The summed E-state index contributed by atoms with van der Waals surface area (Å²) in [5.41, 5.74) is 5.73. The SMILES string of the molecule is F.F.O=C(O)Nc1cc(CCCCn2c(=O)sc3cc(CNC[C@H](O)c4ccc(O)c5[nH]c(=O)ccc45)ccc32)ccc1-c1ccccc1. The Morgan fingerprint density at radius 1 is 0.898 bits per heavy atom. The molecule has 6 rings (SSSR count). The van der Waals surface area contributed by atoms with Crippen molar-refractivity contribution < 1.29 is 29.5 Å². The molecule has 0 saturated heterocycles. The number of aromatic nitrogens is 2. The predicted molar refractivity (Wildman–Crippen MR) is 190 cm³/mol. The number of anilines is 1. The number of carbonyl (C=O) groups is 1. The number of halogens is 2. The van der Waals surface area contributed by atoms with E-state index in [1.165, 1.54) is 23.5 Å². The van der Waals surface area contributed by atoms with Gasteiger partial charge in [0.1, 0.15) is 5.75 Å². The molecule has 256 valence electrons. The van der Waals surface area contributed by atoms with E-state index < -0.39 is 12.2 Å². The number of hydrogen-bond acceptors (Lipinski definition) is 7. The summed E-state index contributed by atoms with van der Waals surface area (Å²) in [6, 6.07) is 27.5. The molecule has 2 aromatic heterocycles. The molecule has 13 heteroatoms. The number of aromatic hydroxyl groups is 1. The fraction of sp³-hybridized carbons (Fsp3) is 0.194. The van der Waals surface area contributed by atoms with Crippen molar-refractivity contribution in [1.29, 1.82) is 0 Å². The number of nitrogens with one attached hydrogen (secondary N) is 3. The number of aliphatic hydroxyl groups excluding tert-OH is 1. The molecule has 0 fully saturated rings. The van der Waals surface area contributed by atoms with Gasteiger partial charge in [-0.25, -0.2) is 4.79 Å². The summed E-state index contributed by atoms with van der Waals surface area (Å²) in [6.07, 6.45) is 0.389. The van der Waals surface area contributed by atoms with Crippen LogP contribution in [-0.2, 0) is 19.5 Å². The number of unbranched alkanes of at least 4 members (excludes halogenated alkanes) is 1. The summed E-state index contributed by atoms with van der Waals surface area (Å²) in [7, 11) is 0. The van der Waals surface area contributed by atoms with Gasteiger partial charge < -0.3 is 25.6 Å². The molecule has 0 aliphatic carbocycles. The molecule has 6 aromatic rings. The first-order chi connectivity index (χ1) is 22.8. The van der Waals surface area contributed by atoms with Gasteiger partial charge in [-0.3, -0.25) is 28.9 Å². The van der Waals surface area contributed by atoms with Crippen molar-refractivity contribution in [3.63, 3.8) is 0 Å². The highest BCUT2D eigenvalue weighted by Crippen LogP contribution is 2.30. The molecule has 4 aromatic carbocycles. The molecule has 49 heavy (non-hydrogen) atoms. The van der Waals surface area contributed by atoms with Crippen molar-refractivity contribution in [3.05, 3.63) is 128 Å². The molecule has 0 radical (unpaired) electrons. The van der Waals surface area contributed by atoms with Crippen LogP contribution in [0, 0.1) is 0 Å². The van der Waals surface area contributed by atoms with Crippen molar-refractivity contribution in [1.82, 2.24) is 14.9 Å².